The number of sulfonamides is 1. The van der Waals surface area contributed by atoms with Crippen LogP contribution in [0.4, 0.5) is 0 Å². The lowest BCUT2D eigenvalue weighted by Crippen LogP contribution is -2.45. The molecule has 1 aromatic carbocycles. The number of ether oxygens (including phenoxy) is 1. The van der Waals surface area contributed by atoms with Crippen LogP contribution >= 0.6 is 11.6 Å². The molecule has 1 aliphatic carbocycles. The lowest BCUT2D eigenvalue weighted by molar-refractivity contribution is 0.0728. The van der Waals surface area contributed by atoms with Gasteiger partial charge >= 0.3 is 0 Å². The summed E-state index contributed by atoms with van der Waals surface area (Å²) in [5.74, 6) is -0.274. The molecule has 0 spiro atoms. The van der Waals surface area contributed by atoms with Crippen molar-refractivity contribution in [1.29, 1.82) is 0 Å². The summed E-state index contributed by atoms with van der Waals surface area (Å²) in [6.45, 7) is 1.58. The van der Waals surface area contributed by atoms with E-state index in [2.05, 4.69) is 10.3 Å². The zero-order valence-corrected chi connectivity index (χ0v) is 18.3. The topological polar surface area (TPSA) is 88.6 Å². The third kappa shape index (κ3) is 4.88. The molecule has 0 bridgehead atoms. The number of carbonyl (C=O) groups excluding carboxylic acids is 1. The molecule has 4 rings (SSSR count). The third-order valence-electron chi connectivity index (χ3n) is 5.21. The fourth-order valence-electron chi connectivity index (χ4n) is 3.49. The number of allylic oxidation sites excluding steroid dienone is 2. The second kappa shape index (κ2) is 9.32. The summed E-state index contributed by atoms with van der Waals surface area (Å²) in [5, 5.41) is 2.73. The summed E-state index contributed by atoms with van der Waals surface area (Å²) in [6.07, 6.45) is 6.99. The van der Waals surface area contributed by atoms with Crippen molar-refractivity contribution < 1.29 is 17.9 Å². The molecule has 162 valence electrons. The molecule has 2 aromatic rings. The van der Waals surface area contributed by atoms with Gasteiger partial charge in [0.1, 0.15) is 0 Å². The number of amides is 1. The monoisotopic (exact) mass is 459 g/mol. The van der Waals surface area contributed by atoms with E-state index >= 15 is 0 Å². The predicted octanol–water partition coefficient (Wildman–Crippen LogP) is 3.01. The average molecular weight is 460 g/mol. The van der Waals surface area contributed by atoms with Gasteiger partial charge in [-0.15, -0.1) is 0 Å². The molecule has 31 heavy (non-hydrogen) atoms. The Morgan fingerprint density at radius 3 is 2.55 bits per heavy atom. The van der Waals surface area contributed by atoms with Gasteiger partial charge in [0.25, 0.3) is 5.91 Å². The van der Waals surface area contributed by atoms with Crippen LogP contribution in [0.5, 0.6) is 0 Å². The van der Waals surface area contributed by atoms with Gasteiger partial charge in [-0.2, -0.15) is 4.31 Å². The number of nitrogens with zero attached hydrogens (tertiary/aromatic N) is 2. The van der Waals surface area contributed by atoms with Crippen molar-refractivity contribution in [3.05, 3.63) is 77.1 Å². The van der Waals surface area contributed by atoms with E-state index < -0.39 is 15.3 Å². The molecule has 2 heterocycles. The van der Waals surface area contributed by atoms with Crippen LogP contribution in [0.25, 0.3) is 11.3 Å². The van der Waals surface area contributed by atoms with Crippen LogP contribution in [0.2, 0.25) is 5.02 Å². The number of morpholine rings is 1. The molecular formula is C22H22ClN3O4S. The SMILES string of the molecule is O=C(NC1=CCC(S(=O)(=O)N2CCOCC2)C=C1)c1ccc(-c2ncccc2Cl)cc1. The molecule has 1 fully saturated rings. The van der Waals surface area contributed by atoms with E-state index in [0.29, 0.717) is 54.7 Å². The Morgan fingerprint density at radius 2 is 1.90 bits per heavy atom. The number of hydrogen-bond donors (Lipinski definition) is 1. The van der Waals surface area contributed by atoms with Gasteiger partial charge in [-0.05, 0) is 36.8 Å². The van der Waals surface area contributed by atoms with Crippen molar-refractivity contribution in [3.63, 3.8) is 0 Å². The highest BCUT2D eigenvalue weighted by Crippen LogP contribution is 2.25. The molecule has 0 radical (unpaired) electrons. The van der Waals surface area contributed by atoms with Crippen molar-refractivity contribution in [3.8, 4) is 11.3 Å². The summed E-state index contributed by atoms with van der Waals surface area (Å²) >= 11 is 6.17. The maximum Gasteiger partial charge on any atom is 0.255 e. The van der Waals surface area contributed by atoms with Gasteiger partial charge in [0.05, 0.1) is 29.2 Å². The Balaban J connectivity index is 1.38. The summed E-state index contributed by atoms with van der Waals surface area (Å²) in [7, 11) is -3.43. The number of halogens is 1. The lowest BCUT2D eigenvalue weighted by atomic mass is 10.1. The van der Waals surface area contributed by atoms with E-state index in [1.807, 2.05) is 0 Å². The molecular weight excluding hydrogens is 438 g/mol. The Labute approximate surface area is 186 Å². The molecule has 7 nitrogen and oxygen atoms in total. The highest BCUT2D eigenvalue weighted by Gasteiger charge is 2.32. The van der Waals surface area contributed by atoms with Gasteiger partial charge < -0.3 is 10.1 Å². The highest BCUT2D eigenvalue weighted by atomic mass is 35.5. The summed E-state index contributed by atoms with van der Waals surface area (Å²) < 4.78 is 32.2. The van der Waals surface area contributed by atoms with Crippen LogP contribution in [-0.4, -0.2) is 55.2 Å². The van der Waals surface area contributed by atoms with Crippen LogP contribution in [0, 0.1) is 0 Å². The van der Waals surface area contributed by atoms with Crippen LogP contribution in [0.15, 0.2) is 66.5 Å². The number of benzene rings is 1. The molecule has 1 atom stereocenters. The first-order chi connectivity index (χ1) is 14.9. The third-order valence-corrected chi connectivity index (χ3v) is 7.71. The predicted molar refractivity (Wildman–Crippen MR) is 119 cm³/mol. The molecule has 2 aliphatic rings. The van der Waals surface area contributed by atoms with Crippen molar-refractivity contribution in [2.24, 2.45) is 0 Å². The maximum absolute atomic E-state index is 12.8. The Kier molecular flexibility index (Phi) is 6.52. The first kappa shape index (κ1) is 21.7. The van der Waals surface area contributed by atoms with E-state index in [4.69, 9.17) is 16.3 Å². The number of carbonyl (C=O) groups is 1. The minimum Gasteiger partial charge on any atom is -0.379 e. The first-order valence-corrected chi connectivity index (χ1v) is 11.8. The number of pyridine rings is 1. The van der Waals surface area contributed by atoms with E-state index in [0.717, 1.165) is 5.56 Å². The second-order valence-electron chi connectivity index (χ2n) is 7.21. The van der Waals surface area contributed by atoms with Crippen molar-refractivity contribution in [2.45, 2.75) is 11.7 Å². The zero-order chi connectivity index (χ0) is 21.8. The summed E-state index contributed by atoms with van der Waals surface area (Å²) in [6, 6.07) is 10.5. The number of rotatable bonds is 5. The zero-order valence-electron chi connectivity index (χ0n) is 16.7. The van der Waals surface area contributed by atoms with Crippen molar-refractivity contribution in [2.75, 3.05) is 26.3 Å². The lowest BCUT2D eigenvalue weighted by Gasteiger charge is -2.29. The smallest absolute Gasteiger partial charge is 0.255 e. The van der Waals surface area contributed by atoms with Gasteiger partial charge in [-0.1, -0.05) is 35.9 Å². The Bertz CT molecular complexity index is 1120. The quantitative estimate of drug-likeness (QED) is 0.742. The average Bonchev–Trinajstić information content (AvgIpc) is 2.80. The molecule has 1 amide bonds. The van der Waals surface area contributed by atoms with Crippen molar-refractivity contribution in [1.82, 2.24) is 14.6 Å². The van der Waals surface area contributed by atoms with Crippen molar-refractivity contribution >= 4 is 27.5 Å². The van der Waals surface area contributed by atoms with Gasteiger partial charge in [0.15, 0.2) is 0 Å². The molecule has 1 saturated heterocycles. The van der Waals surface area contributed by atoms with Crippen LogP contribution < -0.4 is 5.32 Å². The van der Waals surface area contributed by atoms with Crippen LogP contribution in [0.1, 0.15) is 16.8 Å². The first-order valence-electron chi connectivity index (χ1n) is 9.92. The van der Waals surface area contributed by atoms with E-state index in [1.165, 1.54) is 4.31 Å². The van der Waals surface area contributed by atoms with E-state index in [-0.39, 0.29) is 5.91 Å². The number of nitrogens with one attached hydrogen (secondary N) is 1. The Morgan fingerprint density at radius 1 is 1.16 bits per heavy atom. The maximum atomic E-state index is 12.8. The van der Waals surface area contributed by atoms with Gasteiger partial charge in [-0.25, -0.2) is 8.42 Å². The van der Waals surface area contributed by atoms with E-state index in [1.54, 1.807) is 60.8 Å². The fourth-order valence-corrected chi connectivity index (χ4v) is 5.38. The standard InChI is InChI=1S/C22H22ClN3O4S/c23-20-2-1-11-24-21(20)16-3-5-17(6-4-16)22(27)25-18-7-9-19(10-8-18)31(28,29)26-12-14-30-15-13-26/h1-9,11,19H,10,12-15H2,(H,25,27). The Hall–Kier alpha value is -2.52. The molecule has 9 heteroatoms. The highest BCUT2D eigenvalue weighted by molar-refractivity contribution is 7.89. The number of aromatic nitrogens is 1. The van der Waals surface area contributed by atoms with Crippen LogP contribution in [0.3, 0.4) is 0 Å². The minimum atomic E-state index is -3.43. The van der Waals surface area contributed by atoms with Gasteiger partial charge in [0.2, 0.25) is 10.0 Å². The van der Waals surface area contributed by atoms with Gasteiger partial charge in [0, 0.05) is 36.1 Å². The minimum absolute atomic E-state index is 0.274. The second-order valence-corrected chi connectivity index (χ2v) is 9.77. The largest absolute Gasteiger partial charge is 0.379 e. The normalized spacial score (nSPS) is 19.6. The molecule has 1 aromatic heterocycles. The molecule has 1 unspecified atom stereocenters. The molecule has 0 saturated carbocycles. The summed E-state index contributed by atoms with van der Waals surface area (Å²) in [5.41, 5.74) is 2.53. The van der Waals surface area contributed by atoms with Gasteiger partial charge in [-0.3, -0.25) is 9.78 Å². The summed E-state index contributed by atoms with van der Waals surface area (Å²) in [4.78, 5) is 16.9. The van der Waals surface area contributed by atoms with E-state index in [9.17, 15) is 13.2 Å². The number of hydrogen-bond acceptors (Lipinski definition) is 5. The van der Waals surface area contributed by atoms with Crippen LogP contribution in [-0.2, 0) is 14.8 Å². The molecule has 1 aliphatic heterocycles. The fraction of sp³-hybridized carbons (Fsp3) is 0.273. The molecule has 1 N–H and O–H groups in total.